The Kier molecular flexibility index (Phi) is 10.6. The van der Waals surface area contributed by atoms with Gasteiger partial charge in [-0.3, -0.25) is 9.69 Å². The van der Waals surface area contributed by atoms with Crippen molar-refractivity contribution in [2.45, 2.75) is 66.0 Å². The van der Waals surface area contributed by atoms with Gasteiger partial charge in [-0.05, 0) is 70.4 Å². The summed E-state index contributed by atoms with van der Waals surface area (Å²) in [5.41, 5.74) is 5.21. The Hall–Kier alpha value is -2.15. The summed E-state index contributed by atoms with van der Waals surface area (Å²) in [6.45, 7) is 12.3. The Morgan fingerprint density at radius 2 is 1.91 bits per heavy atom. The highest BCUT2D eigenvalue weighted by atomic mass is 16.3. The van der Waals surface area contributed by atoms with Crippen LogP contribution in [0.5, 0.6) is 0 Å². The van der Waals surface area contributed by atoms with E-state index in [4.69, 9.17) is 10.2 Å². The van der Waals surface area contributed by atoms with Crippen LogP contribution in [0.15, 0.2) is 30.5 Å². The van der Waals surface area contributed by atoms with Crippen LogP contribution in [0.25, 0.3) is 16.5 Å². The maximum Gasteiger partial charge on any atom is 0.230 e. The van der Waals surface area contributed by atoms with Gasteiger partial charge in [0.2, 0.25) is 5.91 Å². The Balaban J connectivity index is 0.000000368. The van der Waals surface area contributed by atoms with E-state index in [9.17, 15) is 4.79 Å². The minimum absolute atomic E-state index is 0.0445. The van der Waals surface area contributed by atoms with Gasteiger partial charge in [-0.2, -0.15) is 0 Å². The van der Waals surface area contributed by atoms with Gasteiger partial charge in [0.15, 0.2) is 0 Å². The summed E-state index contributed by atoms with van der Waals surface area (Å²) in [7, 11) is 2.15. The number of aliphatic hydroxyl groups excluding tert-OH is 2. The Morgan fingerprint density at radius 1 is 1.24 bits per heavy atom. The standard InChI is InChI=1S/C20H25N3O.C4H10O.C3H8O/c1-4-23(5-2)20(24)14-9-16-15-7-6-8-17-19(15)13(11-21-17)10-18(16)22(3)12-14;1-2-3-4-5;1-3(2)4/h6-9,11,14,18,21H,4-5,10,12H2,1-3H3;5H,2-4H2,1H3;3-4H,1-2H3/t14-,18-;;/m1../s1. The molecule has 1 aromatic heterocycles. The molecule has 0 unspecified atom stereocenters. The lowest BCUT2D eigenvalue weighted by Gasteiger charge is -2.40. The zero-order valence-electron chi connectivity index (χ0n) is 21.3. The van der Waals surface area contributed by atoms with Crippen molar-refractivity contribution < 1.29 is 15.0 Å². The third-order valence-electron chi connectivity index (χ3n) is 6.17. The fourth-order valence-corrected chi connectivity index (χ4v) is 4.53. The van der Waals surface area contributed by atoms with Crippen LogP contribution in [0, 0.1) is 5.92 Å². The number of benzene rings is 1. The maximum absolute atomic E-state index is 12.9. The highest BCUT2D eigenvalue weighted by Gasteiger charge is 2.36. The average molecular weight is 458 g/mol. The van der Waals surface area contributed by atoms with E-state index in [2.05, 4.69) is 68.2 Å². The lowest BCUT2D eigenvalue weighted by atomic mass is 9.79. The van der Waals surface area contributed by atoms with Crippen molar-refractivity contribution >= 4 is 22.4 Å². The topological polar surface area (TPSA) is 79.8 Å². The summed E-state index contributed by atoms with van der Waals surface area (Å²) in [5.74, 6) is 0.210. The smallest absolute Gasteiger partial charge is 0.230 e. The van der Waals surface area contributed by atoms with E-state index in [1.807, 2.05) is 4.90 Å². The van der Waals surface area contributed by atoms with Crippen LogP contribution in [0.1, 0.15) is 58.6 Å². The zero-order valence-corrected chi connectivity index (χ0v) is 21.3. The number of aromatic nitrogens is 1. The van der Waals surface area contributed by atoms with Crippen molar-refractivity contribution in [2.24, 2.45) is 5.92 Å². The van der Waals surface area contributed by atoms with Gasteiger partial charge >= 0.3 is 0 Å². The van der Waals surface area contributed by atoms with Crippen molar-refractivity contribution in [3.05, 3.63) is 41.6 Å². The first-order valence-electron chi connectivity index (χ1n) is 12.4. The number of aliphatic hydroxyl groups is 2. The molecule has 0 fully saturated rings. The quantitative estimate of drug-likeness (QED) is 0.632. The molecule has 1 aromatic carbocycles. The number of likely N-dealkylation sites (N-methyl/N-ethyl adjacent to an activating group) is 1. The molecule has 33 heavy (non-hydrogen) atoms. The van der Waals surface area contributed by atoms with Crippen LogP contribution in [0.4, 0.5) is 0 Å². The Bertz CT molecular complexity index is 910. The van der Waals surface area contributed by atoms with Crippen LogP contribution in [0.3, 0.4) is 0 Å². The molecule has 184 valence electrons. The number of unbranched alkanes of at least 4 members (excludes halogenated alkanes) is 1. The third kappa shape index (κ3) is 6.69. The summed E-state index contributed by atoms with van der Waals surface area (Å²) < 4.78 is 0. The van der Waals surface area contributed by atoms with Gasteiger partial charge in [0, 0.05) is 55.5 Å². The number of rotatable bonds is 5. The molecule has 1 aliphatic heterocycles. The van der Waals surface area contributed by atoms with Gasteiger partial charge in [-0.15, -0.1) is 0 Å². The molecule has 2 heterocycles. The molecule has 0 bridgehead atoms. The number of fused-ring (bicyclic) bond motifs is 2. The summed E-state index contributed by atoms with van der Waals surface area (Å²) >= 11 is 0. The van der Waals surface area contributed by atoms with Gasteiger partial charge in [0.25, 0.3) is 0 Å². The molecular weight excluding hydrogens is 414 g/mol. The van der Waals surface area contributed by atoms with E-state index in [1.165, 1.54) is 27.6 Å². The number of hydrogen-bond donors (Lipinski definition) is 3. The molecule has 2 aromatic rings. The Morgan fingerprint density at radius 3 is 2.45 bits per heavy atom. The lowest BCUT2D eigenvalue weighted by Crippen LogP contribution is -2.47. The molecule has 0 saturated carbocycles. The van der Waals surface area contributed by atoms with E-state index < -0.39 is 0 Å². The van der Waals surface area contributed by atoms with E-state index in [-0.39, 0.29) is 17.9 Å². The fraction of sp³-hybridized carbons (Fsp3) is 0.593. The van der Waals surface area contributed by atoms with Gasteiger partial charge < -0.3 is 20.1 Å². The predicted octanol–water partition coefficient (Wildman–Crippen LogP) is 4.07. The van der Waals surface area contributed by atoms with Crippen molar-refractivity contribution in [1.82, 2.24) is 14.8 Å². The predicted molar refractivity (Wildman–Crippen MR) is 137 cm³/mol. The number of nitrogens with zero attached hydrogens (tertiary/aromatic N) is 2. The van der Waals surface area contributed by atoms with Crippen molar-refractivity contribution in [1.29, 1.82) is 0 Å². The first-order valence-corrected chi connectivity index (χ1v) is 12.4. The van der Waals surface area contributed by atoms with Crippen LogP contribution < -0.4 is 0 Å². The monoisotopic (exact) mass is 457 g/mol. The highest BCUT2D eigenvalue weighted by molar-refractivity contribution is 5.99. The SMILES string of the molecule is CC(C)O.CCCCO.CCN(CC)C(=O)[C@@H]1C=C2c3cccc4[nH]cc(c34)C[C@H]2N(C)C1. The molecule has 1 amide bonds. The van der Waals surface area contributed by atoms with Gasteiger partial charge in [0.05, 0.1) is 5.92 Å². The first kappa shape index (κ1) is 27.1. The number of hydrogen-bond acceptors (Lipinski definition) is 4. The van der Waals surface area contributed by atoms with Gasteiger partial charge in [-0.25, -0.2) is 0 Å². The normalized spacial score (nSPS) is 19.1. The lowest BCUT2D eigenvalue weighted by molar-refractivity contribution is -0.134. The maximum atomic E-state index is 12.9. The van der Waals surface area contributed by atoms with E-state index in [0.29, 0.717) is 12.6 Å². The molecule has 4 rings (SSSR count). The van der Waals surface area contributed by atoms with Crippen LogP contribution >= 0.6 is 0 Å². The number of carbonyl (C=O) groups is 1. The second kappa shape index (κ2) is 12.9. The second-order valence-corrected chi connectivity index (χ2v) is 9.11. The molecule has 2 atom stereocenters. The summed E-state index contributed by atoms with van der Waals surface area (Å²) in [6, 6.07) is 6.82. The van der Waals surface area contributed by atoms with Crippen molar-refractivity contribution in [3.8, 4) is 0 Å². The van der Waals surface area contributed by atoms with E-state index in [0.717, 1.165) is 38.9 Å². The fourth-order valence-electron chi connectivity index (χ4n) is 4.53. The molecule has 0 radical (unpaired) electrons. The Labute approximate surface area is 199 Å². The summed E-state index contributed by atoms with van der Waals surface area (Å²) in [4.78, 5) is 20.6. The zero-order chi connectivity index (χ0) is 24.5. The highest BCUT2D eigenvalue weighted by Crippen LogP contribution is 2.40. The number of nitrogens with one attached hydrogen (secondary N) is 1. The van der Waals surface area contributed by atoms with E-state index >= 15 is 0 Å². The summed E-state index contributed by atoms with van der Waals surface area (Å²) in [5, 5.41) is 17.5. The van der Waals surface area contributed by atoms with Crippen molar-refractivity contribution in [3.63, 3.8) is 0 Å². The number of H-pyrrole nitrogens is 1. The van der Waals surface area contributed by atoms with E-state index in [1.54, 1.807) is 13.8 Å². The number of aromatic amines is 1. The summed E-state index contributed by atoms with van der Waals surface area (Å²) in [6.07, 6.45) is 7.28. The van der Waals surface area contributed by atoms with Crippen LogP contribution in [-0.4, -0.2) is 76.3 Å². The molecule has 6 nitrogen and oxygen atoms in total. The molecule has 0 saturated heterocycles. The van der Waals surface area contributed by atoms with Crippen LogP contribution in [-0.2, 0) is 11.2 Å². The molecular formula is C27H43N3O3. The number of amides is 1. The molecule has 3 N–H and O–H groups in total. The molecule has 6 heteroatoms. The number of carbonyl (C=O) groups excluding carboxylic acids is 1. The van der Waals surface area contributed by atoms with Gasteiger partial charge in [-0.1, -0.05) is 31.6 Å². The van der Waals surface area contributed by atoms with Crippen LogP contribution in [0.2, 0.25) is 0 Å². The van der Waals surface area contributed by atoms with Gasteiger partial charge in [0.1, 0.15) is 0 Å². The van der Waals surface area contributed by atoms with Crippen molar-refractivity contribution in [2.75, 3.05) is 33.3 Å². The minimum atomic E-state index is -0.167. The minimum Gasteiger partial charge on any atom is -0.396 e. The largest absolute Gasteiger partial charge is 0.396 e. The molecule has 1 aliphatic carbocycles. The molecule has 2 aliphatic rings. The average Bonchev–Trinajstić information content (AvgIpc) is 3.20. The second-order valence-electron chi connectivity index (χ2n) is 9.11. The third-order valence-corrected chi connectivity index (χ3v) is 6.17. The first-order chi connectivity index (χ1) is 15.8. The molecule has 0 spiro atoms.